The lowest BCUT2D eigenvalue weighted by atomic mass is 10.2. The molecule has 0 atom stereocenters. The molecule has 2 heterocycles. The summed E-state index contributed by atoms with van der Waals surface area (Å²) in [6.45, 7) is 1.70. The Hall–Kier alpha value is -1.80. The van der Waals surface area contributed by atoms with Gasteiger partial charge in [-0.25, -0.2) is 13.1 Å². The number of hydrogen-bond donors (Lipinski definition) is 1. The number of fused-ring (bicyclic) bond motifs is 1. The molecule has 1 aromatic rings. The van der Waals surface area contributed by atoms with E-state index in [4.69, 9.17) is 8.94 Å². The van der Waals surface area contributed by atoms with Crippen molar-refractivity contribution in [1.82, 2.24) is 5.16 Å². The smallest absolute Gasteiger partial charge is 0.264 e. The van der Waals surface area contributed by atoms with Crippen molar-refractivity contribution >= 4 is 31.8 Å². The van der Waals surface area contributed by atoms with Crippen LogP contribution in [0.2, 0.25) is 0 Å². The van der Waals surface area contributed by atoms with Crippen LogP contribution in [0.1, 0.15) is 5.69 Å². The van der Waals surface area contributed by atoms with Crippen LogP contribution in [0, 0.1) is 6.92 Å². The molecular formula is C12H9BrN2O4S. The Balaban J connectivity index is 2.00. The molecule has 104 valence electrons. The van der Waals surface area contributed by atoms with Gasteiger partial charge in [0.05, 0.1) is 23.1 Å². The van der Waals surface area contributed by atoms with Crippen molar-refractivity contribution in [2.75, 3.05) is 4.72 Å². The topological polar surface area (TPSA) is 85.3 Å². The van der Waals surface area contributed by atoms with Crippen LogP contribution >= 0.6 is 15.9 Å². The van der Waals surface area contributed by atoms with Crippen molar-refractivity contribution < 1.29 is 17.4 Å². The van der Waals surface area contributed by atoms with Crippen molar-refractivity contribution in [3.05, 3.63) is 40.9 Å². The van der Waals surface area contributed by atoms with Crippen LogP contribution in [0.4, 0.5) is 5.88 Å². The predicted octanol–water partition coefficient (Wildman–Crippen LogP) is 3.24. The Kier molecular flexibility index (Phi) is 3.06. The zero-order chi connectivity index (χ0) is 14.3. The number of sulfonamides is 1. The first kappa shape index (κ1) is 13.2. The number of halogens is 1. The SMILES string of the molecule is Cc1noc(NS(=O)(=O)c2cc3ccocc-3c2)c1Br. The first-order valence-corrected chi connectivity index (χ1v) is 7.85. The molecule has 0 radical (unpaired) electrons. The number of hydrogen-bond acceptors (Lipinski definition) is 5. The number of aryl methyl sites for hydroxylation is 1. The van der Waals surface area contributed by atoms with Gasteiger partial charge in [-0.15, -0.1) is 0 Å². The highest BCUT2D eigenvalue weighted by Crippen LogP contribution is 2.31. The highest BCUT2D eigenvalue weighted by Gasteiger charge is 2.22. The van der Waals surface area contributed by atoms with Crippen molar-refractivity contribution in [3.63, 3.8) is 0 Å². The van der Waals surface area contributed by atoms with Gasteiger partial charge in [0.15, 0.2) is 0 Å². The maximum Gasteiger partial charge on any atom is 0.264 e. The second kappa shape index (κ2) is 4.64. The van der Waals surface area contributed by atoms with Gasteiger partial charge in [-0.1, -0.05) is 5.16 Å². The zero-order valence-corrected chi connectivity index (χ0v) is 12.7. The van der Waals surface area contributed by atoms with E-state index in [1.54, 1.807) is 19.1 Å². The quantitative estimate of drug-likeness (QED) is 0.778. The summed E-state index contributed by atoms with van der Waals surface area (Å²) >= 11 is 3.21. The molecule has 1 aromatic heterocycles. The first-order chi connectivity index (χ1) is 9.47. The van der Waals surface area contributed by atoms with Gasteiger partial charge in [-0.05, 0) is 46.6 Å². The Morgan fingerprint density at radius 1 is 1.30 bits per heavy atom. The Morgan fingerprint density at radius 2 is 2.05 bits per heavy atom. The van der Waals surface area contributed by atoms with Crippen LogP contribution in [0.25, 0.3) is 11.1 Å². The molecule has 3 rings (SSSR count). The first-order valence-electron chi connectivity index (χ1n) is 5.58. The van der Waals surface area contributed by atoms with Gasteiger partial charge in [0, 0.05) is 5.56 Å². The number of nitrogens with zero attached hydrogens (tertiary/aromatic N) is 1. The van der Waals surface area contributed by atoms with Gasteiger partial charge >= 0.3 is 0 Å². The minimum absolute atomic E-state index is 0.0532. The van der Waals surface area contributed by atoms with Crippen LogP contribution in [0.5, 0.6) is 0 Å². The number of aromatic nitrogens is 1. The highest BCUT2D eigenvalue weighted by molar-refractivity contribution is 9.10. The van der Waals surface area contributed by atoms with E-state index in [9.17, 15) is 8.42 Å². The lowest BCUT2D eigenvalue weighted by Gasteiger charge is -2.02. The summed E-state index contributed by atoms with van der Waals surface area (Å²) in [5.41, 5.74) is 2.05. The lowest BCUT2D eigenvalue weighted by molar-refractivity contribution is 0.430. The molecule has 0 aromatic carbocycles. The second-order valence-corrected chi connectivity index (χ2v) is 6.65. The van der Waals surface area contributed by atoms with Gasteiger partial charge < -0.3 is 8.94 Å². The molecule has 8 heteroatoms. The number of nitrogens with one attached hydrogen (secondary N) is 1. The van der Waals surface area contributed by atoms with E-state index >= 15 is 0 Å². The maximum atomic E-state index is 12.3. The van der Waals surface area contributed by atoms with E-state index in [1.165, 1.54) is 18.6 Å². The van der Waals surface area contributed by atoms with Gasteiger partial charge in [0.1, 0.15) is 4.47 Å². The Morgan fingerprint density at radius 3 is 2.70 bits per heavy atom. The highest BCUT2D eigenvalue weighted by atomic mass is 79.9. The molecule has 0 spiro atoms. The monoisotopic (exact) mass is 356 g/mol. The average molecular weight is 357 g/mol. The van der Waals surface area contributed by atoms with Crippen LogP contribution < -0.4 is 4.72 Å². The van der Waals surface area contributed by atoms with E-state index < -0.39 is 10.0 Å². The molecule has 0 saturated heterocycles. The van der Waals surface area contributed by atoms with Crippen molar-refractivity contribution in [2.24, 2.45) is 0 Å². The molecule has 1 aliphatic carbocycles. The minimum Gasteiger partial charge on any atom is -0.472 e. The van der Waals surface area contributed by atoms with Crippen LogP contribution in [-0.2, 0) is 10.0 Å². The normalized spacial score (nSPS) is 11.9. The van der Waals surface area contributed by atoms with E-state index in [0.717, 1.165) is 5.56 Å². The van der Waals surface area contributed by atoms with Gasteiger partial charge in [-0.2, -0.15) is 0 Å². The fourth-order valence-corrected chi connectivity index (χ4v) is 3.19. The van der Waals surface area contributed by atoms with Gasteiger partial charge in [0.25, 0.3) is 15.9 Å². The molecule has 0 fully saturated rings. The summed E-state index contributed by atoms with van der Waals surface area (Å²) in [6, 6.07) is 4.78. The average Bonchev–Trinajstić information content (AvgIpc) is 2.98. The fourth-order valence-electron chi connectivity index (χ4n) is 1.74. The second-order valence-electron chi connectivity index (χ2n) is 4.18. The summed E-state index contributed by atoms with van der Waals surface area (Å²) in [6.07, 6.45) is 2.98. The molecule has 6 nitrogen and oxygen atoms in total. The fraction of sp³-hybridized carbons (Fsp3) is 0.0833. The lowest BCUT2D eigenvalue weighted by Crippen LogP contribution is -2.11. The van der Waals surface area contributed by atoms with E-state index in [2.05, 4.69) is 25.8 Å². The third-order valence-corrected chi connectivity index (χ3v) is 5.02. The number of anilines is 1. The third kappa shape index (κ3) is 2.20. The molecular weight excluding hydrogens is 348 g/mol. The third-order valence-electron chi connectivity index (χ3n) is 2.78. The molecule has 1 aliphatic heterocycles. The van der Waals surface area contributed by atoms with E-state index in [1.807, 2.05) is 0 Å². The summed E-state index contributed by atoms with van der Waals surface area (Å²) in [5.74, 6) is 0.0532. The Labute approximate surface area is 123 Å². The molecule has 1 N–H and O–H groups in total. The molecule has 0 amide bonds. The van der Waals surface area contributed by atoms with Gasteiger partial charge in [-0.3, -0.25) is 0 Å². The molecule has 0 bridgehead atoms. The van der Waals surface area contributed by atoms with Crippen molar-refractivity contribution in [2.45, 2.75) is 11.8 Å². The molecule has 20 heavy (non-hydrogen) atoms. The molecule has 0 saturated carbocycles. The summed E-state index contributed by atoms with van der Waals surface area (Å²) in [4.78, 5) is 0.134. The summed E-state index contributed by atoms with van der Waals surface area (Å²) in [7, 11) is -3.74. The zero-order valence-electron chi connectivity index (χ0n) is 10.3. The summed E-state index contributed by atoms with van der Waals surface area (Å²) < 4.78 is 37.3. The van der Waals surface area contributed by atoms with E-state index in [0.29, 0.717) is 15.7 Å². The van der Waals surface area contributed by atoms with Crippen molar-refractivity contribution in [1.29, 1.82) is 0 Å². The van der Waals surface area contributed by atoms with Gasteiger partial charge in [0.2, 0.25) is 0 Å². The molecule has 0 unspecified atom stereocenters. The Bertz CT molecular complexity index is 807. The predicted molar refractivity (Wildman–Crippen MR) is 75.1 cm³/mol. The van der Waals surface area contributed by atoms with E-state index in [-0.39, 0.29) is 10.8 Å². The molecule has 2 aliphatic rings. The van der Waals surface area contributed by atoms with Crippen LogP contribution in [0.15, 0.2) is 49.0 Å². The van der Waals surface area contributed by atoms with Crippen molar-refractivity contribution in [3.8, 4) is 11.1 Å². The largest absolute Gasteiger partial charge is 0.472 e. The number of rotatable bonds is 3. The maximum absolute atomic E-state index is 12.3. The standard InChI is InChI=1S/C12H9BrN2O4S/c1-7-11(13)12(19-14-7)15-20(16,17)10-4-8-2-3-18-6-9(8)5-10/h2-6,15H,1H3. The van der Waals surface area contributed by atoms with Crippen LogP contribution in [0.3, 0.4) is 0 Å². The summed E-state index contributed by atoms with van der Waals surface area (Å²) in [5, 5.41) is 3.67. The van der Waals surface area contributed by atoms with Crippen LogP contribution in [-0.4, -0.2) is 13.6 Å². The minimum atomic E-state index is -3.74.